The molecular formula is C18H16N2O4. The van der Waals surface area contributed by atoms with Crippen molar-refractivity contribution in [1.29, 1.82) is 0 Å². The quantitative estimate of drug-likeness (QED) is 0.748. The molecule has 0 aliphatic carbocycles. The molecule has 1 N–H and O–H groups in total. The number of pyridine rings is 1. The first-order valence-electron chi connectivity index (χ1n) is 7.36. The van der Waals surface area contributed by atoms with E-state index in [1.165, 1.54) is 10.8 Å². The number of benzene rings is 1. The Bertz CT molecular complexity index is 1040. The van der Waals surface area contributed by atoms with Crippen LogP contribution in [0, 0.1) is 6.92 Å². The van der Waals surface area contributed by atoms with Crippen LogP contribution in [0.5, 0.6) is 0 Å². The third-order valence-corrected chi connectivity index (χ3v) is 4.29. The van der Waals surface area contributed by atoms with Gasteiger partial charge >= 0.3 is 5.97 Å². The molecule has 0 atom stereocenters. The van der Waals surface area contributed by atoms with Crippen molar-refractivity contribution < 1.29 is 14.7 Å². The zero-order chi connectivity index (χ0) is 17.6. The summed E-state index contributed by atoms with van der Waals surface area (Å²) in [5, 5.41) is 9.21. The number of carboxylic acids is 1. The van der Waals surface area contributed by atoms with Gasteiger partial charge in [0.1, 0.15) is 11.1 Å². The molecule has 0 spiro atoms. The number of hydrogen-bond acceptors (Lipinski definition) is 3. The topological polar surface area (TPSA) is 81.3 Å². The maximum Gasteiger partial charge on any atom is 0.341 e. The van der Waals surface area contributed by atoms with Gasteiger partial charge in [-0.15, -0.1) is 0 Å². The van der Waals surface area contributed by atoms with E-state index in [2.05, 4.69) is 0 Å². The number of carbonyl (C=O) groups excluding carboxylic acids is 1. The first-order valence-corrected chi connectivity index (χ1v) is 7.36. The van der Waals surface area contributed by atoms with Gasteiger partial charge in [-0.3, -0.25) is 9.59 Å². The van der Waals surface area contributed by atoms with E-state index in [4.69, 9.17) is 0 Å². The van der Waals surface area contributed by atoms with Gasteiger partial charge in [-0.2, -0.15) is 0 Å². The second-order valence-corrected chi connectivity index (χ2v) is 5.70. The van der Waals surface area contributed by atoms with Crippen LogP contribution in [0.1, 0.15) is 32.0 Å². The summed E-state index contributed by atoms with van der Waals surface area (Å²) in [6.07, 6.45) is 1.26. The minimum absolute atomic E-state index is 0.197. The van der Waals surface area contributed by atoms with Crippen molar-refractivity contribution in [2.45, 2.75) is 6.92 Å². The van der Waals surface area contributed by atoms with Gasteiger partial charge in [0, 0.05) is 31.5 Å². The van der Waals surface area contributed by atoms with E-state index >= 15 is 0 Å². The van der Waals surface area contributed by atoms with E-state index in [1.54, 1.807) is 49.9 Å². The van der Waals surface area contributed by atoms with E-state index < -0.39 is 11.4 Å². The molecule has 3 rings (SSSR count). The van der Waals surface area contributed by atoms with Crippen LogP contribution < -0.4 is 5.43 Å². The van der Waals surface area contributed by atoms with Gasteiger partial charge in [0.15, 0.2) is 5.78 Å². The fourth-order valence-electron chi connectivity index (χ4n) is 2.99. The summed E-state index contributed by atoms with van der Waals surface area (Å²) < 4.78 is 3.11. The van der Waals surface area contributed by atoms with Gasteiger partial charge in [-0.25, -0.2) is 4.79 Å². The molecule has 122 valence electrons. The summed E-state index contributed by atoms with van der Waals surface area (Å²) in [5.41, 5.74) is 1.30. The van der Waals surface area contributed by atoms with Crippen molar-refractivity contribution >= 4 is 22.8 Å². The predicted molar refractivity (Wildman–Crippen MR) is 89.7 cm³/mol. The Labute approximate surface area is 137 Å². The third-order valence-electron chi connectivity index (χ3n) is 4.29. The second-order valence-electron chi connectivity index (χ2n) is 5.70. The molecule has 6 nitrogen and oxygen atoms in total. The molecule has 0 saturated carbocycles. The van der Waals surface area contributed by atoms with Crippen molar-refractivity contribution in [2.24, 2.45) is 14.1 Å². The van der Waals surface area contributed by atoms with E-state index in [9.17, 15) is 19.5 Å². The molecular weight excluding hydrogens is 308 g/mol. The molecule has 24 heavy (non-hydrogen) atoms. The molecule has 2 aromatic heterocycles. The molecule has 0 saturated heterocycles. The number of nitrogens with zero attached hydrogens (tertiary/aromatic N) is 2. The maximum absolute atomic E-state index is 12.9. The Kier molecular flexibility index (Phi) is 3.60. The lowest BCUT2D eigenvalue weighted by atomic mass is 10.0. The fourth-order valence-corrected chi connectivity index (χ4v) is 2.99. The number of ketones is 1. The van der Waals surface area contributed by atoms with E-state index in [0.717, 1.165) is 0 Å². The van der Waals surface area contributed by atoms with E-state index in [1.807, 2.05) is 6.07 Å². The highest BCUT2D eigenvalue weighted by atomic mass is 16.4. The van der Waals surface area contributed by atoms with Crippen molar-refractivity contribution in [1.82, 2.24) is 9.13 Å². The Morgan fingerprint density at radius 1 is 1.04 bits per heavy atom. The standard InChI is InChI=1S/C18H16N2O4/c1-10-13(16(21)11-7-5-4-6-8-11)14-15(20(10)3)17(22)12(18(23)24)9-19(14)2/h4-9H,1-3H3,(H,23,24). The summed E-state index contributed by atoms with van der Waals surface area (Å²) in [5.74, 6) is -1.48. The van der Waals surface area contributed by atoms with Gasteiger partial charge in [0.25, 0.3) is 0 Å². The number of carboxylic acid groups (broad SMARTS) is 1. The SMILES string of the molecule is Cc1c(C(=O)c2ccccc2)c2c(c(=O)c(C(=O)O)cn2C)n1C. The average Bonchev–Trinajstić information content (AvgIpc) is 2.83. The molecule has 6 heteroatoms. The molecule has 0 unspecified atom stereocenters. The van der Waals surface area contributed by atoms with Gasteiger partial charge in [0.05, 0.1) is 11.1 Å². The Balaban J connectivity index is 2.41. The second kappa shape index (κ2) is 5.49. The van der Waals surface area contributed by atoms with Gasteiger partial charge < -0.3 is 14.2 Å². The molecule has 0 fully saturated rings. The number of rotatable bonds is 3. The van der Waals surface area contributed by atoms with Crippen LogP contribution in [0.25, 0.3) is 11.0 Å². The molecule has 0 bridgehead atoms. The van der Waals surface area contributed by atoms with Crippen molar-refractivity contribution in [3.63, 3.8) is 0 Å². The van der Waals surface area contributed by atoms with Crippen LogP contribution >= 0.6 is 0 Å². The normalized spacial score (nSPS) is 11.0. The third kappa shape index (κ3) is 2.15. The first kappa shape index (κ1) is 15.7. The minimum Gasteiger partial charge on any atom is -0.477 e. The van der Waals surface area contributed by atoms with Gasteiger partial charge in [0.2, 0.25) is 5.43 Å². The monoisotopic (exact) mass is 324 g/mol. The van der Waals surface area contributed by atoms with E-state index in [-0.39, 0.29) is 16.9 Å². The van der Waals surface area contributed by atoms with Crippen molar-refractivity contribution in [2.75, 3.05) is 0 Å². The number of aromatic nitrogens is 2. The van der Waals surface area contributed by atoms with Crippen LogP contribution in [0.3, 0.4) is 0 Å². The minimum atomic E-state index is -1.28. The zero-order valence-electron chi connectivity index (χ0n) is 13.5. The van der Waals surface area contributed by atoms with Crippen LogP contribution in [-0.4, -0.2) is 26.0 Å². The zero-order valence-corrected chi connectivity index (χ0v) is 13.5. The fraction of sp³-hybridized carbons (Fsp3) is 0.167. The highest BCUT2D eigenvalue weighted by Gasteiger charge is 2.25. The summed E-state index contributed by atoms with van der Waals surface area (Å²) in [7, 11) is 3.29. The molecule has 1 aromatic carbocycles. The molecule has 0 amide bonds. The van der Waals surface area contributed by atoms with Gasteiger partial charge in [-0.05, 0) is 6.92 Å². The lowest BCUT2D eigenvalue weighted by Crippen LogP contribution is -2.19. The molecule has 3 aromatic rings. The van der Waals surface area contributed by atoms with Crippen molar-refractivity contribution in [3.05, 3.63) is 69.1 Å². The molecule has 0 radical (unpaired) electrons. The Morgan fingerprint density at radius 2 is 1.67 bits per heavy atom. The summed E-state index contributed by atoms with van der Waals surface area (Å²) in [4.78, 5) is 36.8. The largest absolute Gasteiger partial charge is 0.477 e. The molecule has 0 aliphatic heterocycles. The smallest absolute Gasteiger partial charge is 0.341 e. The predicted octanol–water partition coefficient (Wildman–Crippen LogP) is 2.11. The van der Waals surface area contributed by atoms with Crippen LogP contribution in [0.2, 0.25) is 0 Å². The first-order chi connectivity index (χ1) is 11.3. The number of fused-ring (bicyclic) bond motifs is 1. The summed E-state index contributed by atoms with van der Waals surface area (Å²) >= 11 is 0. The summed E-state index contributed by atoms with van der Waals surface area (Å²) in [6.45, 7) is 1.75. The highest BCUT2D eigenvalue weighted by Crippen LogP contribution is 2.25. The summed E-state index contributed by atoms with van der Waals surface area (Å²) in [6, 6.07) is 8.79. The molecule has 0 aliphatic rings. The van der Waals surface area contributed by atoms with Crippen LogP contribution in [0.4, 0.5) is 0 Å². The van der Waals surface area contributed by atoms with Gasteiger partial charge in [-0.1, -0.05) is 30.3 Å². The number of aryl methyl sites for hydroxylation is 2. The number of aromatic carboxylic acids is 1. The number of carbonyl (C=O) groups is 2. The van der Waals surface area contributed by atoms with Crippen LogP contribution in [-0.2, 0) is 14.1 Å². The molecule has 2 heterocycles. The lowest BCUT2D eigenvalue weighted by Gasteiger charge is -2.06. The highest BCUT2D eigenvalue weighted by molar-refractivity contribution is 6.17. The maximum atomic E-state index is 12.9. The average molecular weight is 324 g/mol. The number of hydrogen-bond donors (Lipinski definition) is 1. The lowest BCUT2D eigenvalue weighted by molar-refractivity contribution is 0.0694. The van der Waals surface area contributed by atoms with Crippen LogP contribution in [0.15, 0.2) is 41.3 Å². The Hall–Kier alpha value is -3.15. The van der Waals surface area contributed by atoms with E-state index in [0.29, 0.717) is 22.3 Å². The Morgan fingerprint density at radius 3 is 2.25 bits per heavy atom. The van der Waals surface area contributed by atoms with Crippen molar-refractivity contribution in [3.8, 4) is 0 Å².